The summed E-state index contributed by atoms with van der Waals surface area (Å²) in [6.07, 6.45) is 0.686. The van der Waals surface area contributed by atoms with E-state index in [1.807, 2.05) is 24.4 Å². The minimum absolute atomic E-state index is 0.152. The molecule has 1 aromatic carbocycles. The van der Waals surface area contributed by atoms with Gasteiger partial charge in [0.1, 0.15) is 0 Å². The van der Waals surface area contributed by atoms with Gasteiger partial charge in [0.2, 0.25) is 10.0 Å². The van der Waals surface area contributed by atoms with Gasteiger partial charge in [-0.25, -0.2) is 13.1 Å². The van der Waals surface area contributed by atoms with Gasteiger partial charge in [0.05, 0.1) is 4.90 Å². The number of thiophene rings is 1. The molecule has 0 amide bonds. The van der Waals surface area contributed by atoms with Crippen molar-refractivity contribution in [3.8, 4) is 0 Å². The highest BCUT2D eigenvalue weighted by Crippen LogP contribution is 2.15. The molecule has 0 spiro atoms. The average molecular weight is 296 g/mol. The predicted octanol–water partition coefficient (Wildman–Crippen LogP) is 2.24. The number of nitrogens with one attached hydrogen (secondary N) is 1. The second kappa shape index (κ2) is 5.73. The zero-order valence-electron chi connectivity index (χ0n) is 10.5. The SMILES string of the molecule is CC(Cc1cccs1)NS(=O)(=O)c1ccc(N)cc1. The van der Waals surface area contributed by atoms with Gasteiger partial charge in [-0.1, -0.05) is 6.07 Å². The van der Waals surface area contributed by atoms with Crippen LogP contribution in [-0.2, 0) is 16.4 Å². The molecule has 0 radical (unpaired) electrons. The molecule has 19 heavy (non-hydrogen) atoms. The van der Waals surface area contributed by atoms with E-state index in [2.05, 4.69) is 4.72 Å². The standard InChI is InChI=1S/C13H16N2O2S2/c1-10(9-12-3-2-8-18-12)15-19(16,17)13-6-4-11(14)5-7-13/h2-8,10,15H,9,14H2,1H3. The van der Waals surface area contributed by atoms with Crippen molar-refractivity contribution in [2.75, 3.05) is 5.73 Å². The fourth-order valence-corrected chi connectivity index (χ4v) is 3.83. The Bertz CT molecular complexity index is 619. The van der Waals surface area contributed by atoms with Crippen LogP contribution in [0.3, 0.4) is 0 Å². The number of sulfonamides is 1. The number of hydrogen-bond acceptors (Lipinski definition) is 4. The molecule has 2 rings (SSSR count). The summed E-state index contributed by atoms with van der Waals surface area (Å²) in [5, 5.41) is 1.98. The van der Waals surface area contributed by atoms with Gasteiger partial charge in [-0.15, -0.1) is 11.3 Å². The van der Waals surface area contributed by atoms with Gasteiger partial charge in [-0.3, -0.25) is 0 Å². The van der Waals surface area contributed by atoms with Crippen LogP contribution in [0.25, 0.3) is 0 Å². The van der Waals surface area contributed by atoms with Gasteiger partial charge in [-0.2, -0.15) is 0 Å². The summed E-state index contributed by atoms with van der Waals surface area (Å²) in [6, 6.07) is 9.99. The highest BCUT2D eigenvalue weighted by molar-refractivity contribution is 7.89. The summed E-state index contributed by atoms with van der Waals surface area (Å²) >= 11 is 1.62. The Kier molecular flexibility index (Phi) is 4.24. The first-order chi connectivity index (χ1) is 8.97. The van der Waals surface area contributed by atoms with E-state index in [9.17, 15) is 8.42 Å². The zero-order chi connectivity index (χ0) is 13.9. The minimum atomic E-state index is -3.48. The van der Waals surface area contributed by atoms with E-state index in [1.54, 1.807) is 23.5 Å². The van der Waals surface area contributed by atoms with Gasteiger partial charge in [0, 0.05) is 16.6 Å². The Morgan fingerprint density at radius 2 is 1.95 bits per heavy atom. The number of benzene rings is 1. The molecule has 0 bridgehead atoms. The summed E-state index contributed by atoms with van der Waals surface area (Å²) < 4.78 is 26.9. The van der Waals surface area contributed by atoms with Gasteiger partial charge in [-0.05, 0) is 49.1 Å². The van der Waals surface area contributed by atoms with Crippen LogP contribution in [0, 0.1) is 0 Å². The molecule has 0 fully saturated rings. The maximum Gasteiger partial charge on any atom is 0.240 e. The van der Waals surface area contributed by atoms with E-state index in [4.69, 9.17) is 5.73 Å². The molecule has 6 heteroatoms. The Labute approximate surface area is 117 Å². The van der Waals surface area contributed by atoms with Crippen LogP contribution in [0.4, 0.5) is 5.69 Å². The second-order valence-corrected chi connectivity index (χ2v) is 7.12. The molecule has 1 aromatic heterocycles. The van der Waals surface area contributed by atoms with Crippen molar-refractivity contribution in [2.45, 2.75) is 24.3 Å². The van der Waals surface area contributed by atoms with Gasteiger partial charge < -0.3 is 5.73 Å². The Hall–Kier alpha value is -1.37. The van der Waals surface area contributed by atoms with E-state index in [1.165, 1.54) is 12.1 Å². The molecule has 0 saturated carbocycles. The van der Waals surface area contributed by atoms with E-state index < -0.39 is 10.0 Å². The molecule has 1 heterocycles. The molecule has 0 aliphatic heterocycles. The molecular weight excluding hydrogens is 280 g/mol. The van der Waals surface area contributed by atoms with E-state index in [0.29, 0.717) is 12.1 Å². The lowest BCUT2D eigenvalue weighted by Gasteiger charge is -2.13. The lowest BCUT2D eigenvalue weighted by atomic mass is 10.2. The summed E-state index contributed by atoms with van der Waals surface area (Å²) in [5.41, 5.74) is 6.09. The van der Waals surface area contributed by atoms with Crippen molar-refractivity contribution < 1.29 is 8.42 Å². The highest BCUT2D eigenvalue weighted by Gasteiger charge is 2.17. The predicted molar refractivity (Wildman–Crippen MR) is 78.7 cm³/mol. The van der Waals surface area contributed by atoms with Crippen LogP contribution >= 0.6 is 11.3 Å². The van der Waals surface area contributed by atoms with Crippen LogP contribution in [0.1, 0.15) is 11.8 Å². The summed E-state index contributed by atoms with van der Waals surface area (Å²) in [4.78, 5) is 1.40. The summed E-state index contributed by atoms with van der Waals surface area (Å²) in [5.74, 6) is 0. The van der Waals surface area contributed by atoms with Crippen LogP contribution in [0.5, 0.6) is 0 Å². The normalized spacial score (nSPS) is 13.3. The second-order valence-electron chi connectivity index (χ2n) is 4.37. The van der Waals surface area contributed by atoms with Crippen LogP contribution in [-0.4, -0.2) is 14.5 Å². The first kappa shape index (κ1) is 14.0. The van der Waals surface area contributed by atoms with Crippen molar-refractivity contribution in [3.05, 3.63) is 46.7 Å². The fourth-order valence-electron chi connectivity index (χ4n) is 1.75. The largest absolute Gasteiger partial charge is 0.399 e. The zero-order valence-corrected chi connectivity index (χ0v) is 12.2. The first-order valence-corrected chi connectivity index (χ1v) is 8.24. The van der Waals surface area contributed by atoms with Crippen LogP contribution in [0.2, 0.25) is 0 Å². The van der Waals surface area contributed by atoms with Crippen molar-refractivity contribution in [2.24, 2.45) is 0 Å². The molecule has 1 atom stereocenters. The van der Waals surface area contributed by atoms with E-state index >= 15 is 0 Å². The Morgan fingerprint density at radius 1 is 1.26 bits per heavy atom. The van der Waals surface area contributed by atoms with Gasteiger partial charge >= 0.3 is 0 Å². The molecule has 0 aliphatic carbocycles. The fraction of sp³-hybridized carbons (Fsp3) is 0.231. The number of anilines is 1. The third-order valence-electron chi connectivity index (χ3n) is 2.63. The van der Waals surface area contributed by atoms with Crippen molar-refractivity contribution in [1.29, 1.82) is 0 Å². The quantitative estimate of drug-likeness (QED) is 0.831. The summed E-state index contributed by atoms with van der Waals surface area (Å²) in [6.45, 7) is 1.86. The molecule has 3 N–H and O–H groups in total. The lowest BCUT2D eigenvalue weighted by molar-refractivity contribution is 0.561. The monoisotopic (exact) mass is 296 g/mol. The van der Waals surface area contributed by atoms with Crippen molar-refractivity contribution in [3.63, 3.8) is 0 Å². The summed E-state index contributed by atoms with van der Waals surface area (Å²) in [7, 11) is -3.48. The first-order valence-electron chi connectivity index (χ1n) is 5.87. The van der Waals surface area contributed by atoms with Crippen LogP contribution in [0.15, 0.2) is 46.7 Å². The number of nitrogens with two attached hydrogens (primary N) is 1. The molecule has 2 aromatic rings. The van der Waals surface area contributed by atoms with E-state index in [-0.39, 0.29) is 10.9 Å². The average Bonchev–Trinajstić information content (AvgIpc) is 2.81. The molecule has 102 valence electrons. The van der Waals surface area contributed by atoms with Crippen molar-refractivity contribution in [1.82, 2.24) is 4.72 Å². The third kappa shape index (κ3) is 3.79. The Balaban J connectivity index is 2.06. The van der Waals surface area contributed by atoms with Crippen molar-refractivity contribution >= 4 is 27.0 Å². The molecular formula is C13H16N2O2S2. The number of rotatable bonds is 5. The minimum Gasteiger partial charge on any atom is -0.399 e. The van der Waals surface area contributed by atoms with Crippen LogP contribution < -0.4 is 10.5 Å². The molecule has 4 nitrogen and oxygen atoms in total. The smallest absolute Gasteiger partial charge is 0.240 e. The maximum atomic E-state index is 12.1. The van der Waals surface area contributed by atoms with Gasteiger partial charge in [0.25, 0.3) is 0 Å². The number of hydrogen-bond donors (Lipinski definition) is 2. The molecule has 0 saturated heterocycles. The Morgan fingerprint density at radius 3 is 2.53 bits per heavy atom. The molecule has 0 aliphatic rings. The lowest BCUT2D eigenvalue weighted by Crippen LogP contribution is -2.33. The maximum absolute atomic E-state index is 12.1. The van der Waals surface area contributed by atoms with E-state index in [0.717, 1.165) is 4.88 Å². The molecule has 1 unspecified atom stereocenters. The topological polar surface area (TPSA) is 72.2 Å². The van der Waals surface area contributed by atoms with Gasteiger partial charge in [0.15, 0.2) is 0 Å². The number of nitrogen functional groups attached to an aromatic ring is 1. The third-order valence-corrected chi connectivity index (χ3v) is 5.14. The highest BCUT2D eigenvalue weighted by atomic mass is 32.2.